The number of nitrogens with zero attached hydrogens (tertiary/aromatic N) is 6. The third kappa shape index (κ3) is 3.84. The van der Waals surface area contributed by atoms with Crippen molar-refractivity contribution in [1.82, 2.24) is 39.2 Å². The van der Waals surface area contributed by atoms with Gasteiger partial charge in [-0.15, -0.1) is 11.3 Å². The molecule has 5 heterocycles. The van der Waals surface area contributed by atoms with Crippen molar-refractivity contribution in [2.24, 2.45) is 0 Å². The van der Waals surface area contributed by atoms with Gasteiger partial charge >= 0.3 is 0 Å². The van der Waals surface area contributed by atoms with Gasteiger partial charge in [0.05, 0.1) is 16.1 Å². The molecule has 0 amide bonds. The Kier molecular flexibility index (Phi) is 5.94. The lowest BCUT2D eigenvalue weighted by atomic mass is 10.0. The molecule has 12 heteroatoms. The summed E-state index contributed by atoms with van der Waals surface area (Å²) in [5.41, 5.74) is 1.72. The van der Waals surface area contributed by atoms with Crippen LogP contribution in [0.3, 0.4) is 0 Å². The van der Waals surface area contributed by atoms with Crippen LogP contribution < -0.4 is 11.1 Å². The molecule has 166 valence electrons. The average Bonchev–Trinajstić information content (AvgIpc) is 3.48. The number of thiophene rings is 1. The number of nitrogens with one attached hydrogen (secondary N) is 2. The Morgan fingerprint density at radius 1 is 0.906 bits per heavy atom. The molecule has 10 nitrogen and oxygen atoms in total. The minimum atomic E-state index is -0.187. The van der Waals surface area contributed by atoms with Crippen molar-refractivity contribution in [1.29, 1.82) is 0 Å². The maximum absolute atomic E-state index is 12.4. The Labute approximate surface area is 190 Å². The van der Waals surface area contributed by atoms with E-state index >= 15 is 0 Å². The highest BCUT2D eigenvalue weighted by atomic mass is 35.5. The van der Waals surface area contributed by atoms with E-state index in [4.69, 9.17) is 11.6 Å². The zero-order chi connectivity index (χ0) is 23.0. The van der Waals surface area contributed by atoms with Crippen LogP contribution in [0.4, 0.5) is 0 Å². The van der Waals surface area contributed by atoms with E-state index in [-0.39, 0.29) is 28.1 Å². The van der Waals surface area contributed by atoms with Gasteiger partial charge < -0.3 is 0 Å². The minimum absolute atomic E-state index is 0.0442. The Hall–Kier alpha value is -3.31. The topological polar surface area (TPSA) is 126 Å². The lowest BCUT2D eigenvalue weighted by Crippen LogP contribution is -2.22. The van der Waals surface area contributed by atoms with Crippen molar-refractivity contribution in [3.8, 4) is 10.6 Å². The van der Waals surface area contributed by atoms with Crippen LogP contribution in [0, 0.1) is 0 Å². The Morgan fingerprint density at radius 3 is 2.00 bits per heavy atom. The van der Waals surface area contributed by atoms with Crippen LogP contribution in [0.5, 0.6) is 0 Å². The molecule has 0 aliphatic heterocycles. The van der Waals surface area contributed by atoms with Crippen LogP contribution in [0.25, 0.3) is 22.1 Å². The zero-order valence-corrected chi connectivity index (χ0v) is 19.4. The molecule has 0 atom stereocenters. The Balaban J connectivity index is 0.000000158. The number of aromatic nitrogens is 8. The maximum Gasteiger partial charge on any atom is 0.278 e. The van der Waals surface area contributed by atoms with Crippen molar-refractivity contribution in [2.45, 2.75) is 39.5 Å². The van der Waals surface area contributed by atoms with Gasteiger partial charge in [-0.05, 0) is 23.3 Å². The van der Waals surface area contributed by atoms with Crippen LogP contribution in [0.15, 0.2) is 39.8 Å². The monoisotopic (exact) mass is 472 g/mol. The number of rotatable bonds is 3. The molecular weight excluding hydrogens is 452 g/mol. The molecule has 0 radical (unpaired) electrons. The summed E-state index contributed by atoms with van der Waals surface area (Å²) in [7, 11) is 0. The molecule has 0 saturated heterocycles. The fraction of sp³-hybridized carbons (Fsp3) is 0.300. The summed E-state index contributed by atoms with van der Waals surface area (Å²) in [6.07, 6.45) is 2.89. The molecule has 32 heavy (non-hydrogen) atoms. The smallest absolute Gasteiger partial charge is 0.278 e. The van der Waals surface area contributed by atoms with Crippen LogP contribution in [-0.4, -0.2) is 39.2 Å². The summed E-state index contributed by atoms with van der Waals surface area (Å²) in [5.74, 6) is 0.863. The lowest BCUT2D eigenvalue weighted by molar-refractivity contribution is 0.794. The molecule has 0 aliphatic rings. The number of hydrogen-bond acceptors (Lipinski definition) is 7. The van der Waals surface area contributed by atoms with Gasteiger partial charge in [0.2, 0.25) is 0 Å². The van der Waals surface area contributed by atoms with E-state index in [1.54, 1.807) is 11.3 Å². The van der Waals surface area contributed by atoms with Gasteiger partial charge in [-0.2, -0.15) is 14.0 Å². The van der Waals surface area contributed by atoms with Crippen molar-refractivity contribution in [3.05, 3.63) is 67.2 Å². The van der Waals surface area contributed by atoms with Gasteiger partial charge in [-0.1, -0.05) is 45.4 Å². The first-order valence-corrected chi connectivity index (χ1v) is 11.2. The molecule has 0 bridgehead atoms. The minimum Gasteiger partial charge on any atom is -0.278 e. The first-order valence-electron chi connectivity index (χ1n) is 9.91. The molecule has 0 saturated carbocycles. The van der Waals surface area contributed by atoms with Gasteiger partial charge in [0, 0.05) is 5.56 Å². The fourth-order valence-electron chi connectivity index (χ4n) is 3.32. The van der Waals surface area contributed by atoms with Gasteiger partial charge in [0.25, 0.3) is 22.7 Å². The van der Waals surface area contributed by atoms with E-state index in [1.165, 1.54) is 21.7 Å². The molecule has 5 aromatic heterocycles. The van der Waals surface area contributed by atoms with E-state index < -0.39 is 0 Å². The van der Waals surface area contributed by atoms with E-state index in [1.807, 2.05) is 45.2 Å². The molecule has 0 fully saturated rings. The third-order valence-corrected chi connectivity index (χ3v) is 5.96. The summed E-state index contributed by atoms with van der Waals surface area (Å²) >= 11 is 7.46. The van der Waals surface area contributed by atoms with E-state index in [0.717, 1.165) is 16.1 Å². The SMILES string of the molecule is CC(C)c1c(-c2cccs2)nc2nc[nH]n2c1=O.CC(C)c1c(Cl)nc2nc[nH]n2c1=O. The molecule has 0 aromatic carbocycles. The third-order valence-electron chi connectivity index (χ3n) is 4.80. The zero-order valence-electron chi connectivity index (χ0n) is 17.8. The molecular formula is C20H21ClN8O2S. The average molecular weight is 473 g/mol. The van der Waals surface area contributed by atoms with Crippen molar-refractivity contribution >= 4 is 34.5 Å². The standard InChI is InChI=1S/C12H12N4OS.C8H9ClN4O/c1-7(2)9-10(8-4-3-5-18-8)15-12-13-6-14-16(12)11(9)17;1-4(2)5-6(9)12-8-10-3-11-13(8)7(5)14/h3-7H,1-2H3,(H,13,14,15);3-4H,1-2H3,(H,10,11,12). The van der Waals surface area contributed by atoms with Crippen LogP contribution in [0.2, 0.25) is 5.15 Å². The maximum atomic E-state index is 12.4. The van der Waals surface area contributed by atoms with E-state index in [9.17, 15) is 9.59 Å². The molecule has 0 spiro atoms. The summed E-state index contributed by atoms with van der Waals surface area (Å²) in [4.78, 5) is 41.6. The predicted molar refractivity (Wildman–Crippen MR) is 124 cm³/mol. The number of H-pyrrole nitrogens is 2. The number of halogens is 1. The fourth-order valence-corrected chi connectivity index (χ4v) is 4.42. The molecule has 0 unspecified atom stereocenters. The second kappa shape index (κ2) is 8.67. The summed E-state index contributed by atoms with van der Waals surface area (Å²) in [6, 6.07) is 3.93. The highest BCUT2D eigenvalue weighted by Gasteiger charge is 2.19. The van der Waals surface area contributed by atoms with Gasteiger partial charge in [0.1, 0.15) is 17.8 Å². The van der Waals surface area contributed by atoms with Crippen molar-refractivity contribution in [3.63, 3.8) is 0 Å². The highest BCUT2D eigenvalue weighted by Crippen LogP contribution is 2.28. The lowest BCUT2D eigenvalue weighted by Gasteiger charge is -2.09. The molecule has 5 aromatic rings. The Morgan fingerprint density at radius 2 is 1.47 bits per heavy atom. The van der Waals surface area contributed by atoms with E-state index in [2.05, 4.69) is 30.1 Å². The van der Waals surface area contributed by atoms with Gasteiger partial charge in [-0.25, -0.2) is 15.0 Å². The van der Waals surface area contributed by atoms with Gasteiger partial charge in [0.15, 0.2) is 0 Å². The first-order chi connectivity index (χ1) is 15.3. The molecule has 2 N–H and O–H groups in total. The summed E-state index contributed by atoms with van der Waals surface area (Å²) < 4.78 is 2.66. The summed E-state index contributed by atoms with van der Waals surface area (Å²) in [5, 5.41) is 7.68. The second-order valence-electron chi connectivity index (χ2n) is 7.63. The Bertz CT molecular complexity index is 1490. The quantitative estimate of drug-likeness (QED) is 0.387. The van der Waals surface area contributed by atoms with Crippen molar-refractivity contribution in [2.75, 3.05) is 0 Å². The molecule has 5 rings (SSSR count). The highest BCUT2D eigenvalue weighted by molar-refractivity contribution is 7.13. The van der Waals surface area contributed by atoms with Crippen molar-refractivity contribution < 1.29 is 0 Å². The second-order valence-corrected chi connectivity index (χ2v) is 8.94. The van der Waals surface area contributed by atoms with E-state index in [0.29, 0.717) is 17.1 Å². The normalized spacial score (nSPS) is 11.5. The first kappa shape index (κ1) is 21.9. The molecule has 0 aliphatic carbocycles. The number of aromatic amines is 2. The van der Waals surface area contributed by atoms with Crippen LogP contribution in [0.1, 0.15) is 50.7 Å². The van der Waals surface area contributed by atoms with Crippen LogP contribution >= 0.6 is 22.9 Å². The largest absolute Gasteiger partial charge is 0.278 e. The predicted octanol–water partition coefficient (Wildman–Crippen LogP) is 3.46. The number of fused-ring (bicyclic) bond motifs is 2. The number of hydrogen-bond donors (Lipinski definition) is 2. The van der Waals surface area contributed by atoms with Gasteiger partial charge in [-0.3, -0.25) is 19.8 Å². The summed E-state index contributed by atoms with van der Waals surface area (Å²) in [6.45, 7) is 7.79. The van der Waals surface area contributed by atoms with Crippen LogP contribution in [-0.2, 0) is 0 Å².